The van der Waals surface area contributed by atoms with Gasteiger partial charge in [0.2, 0.25) is 0 Å². The second-order valence-corrected chi connectivity index (χ2v) is 8.00. The van der Waals surface area contributed by atoms with Crippen LogP contribution in [-0.4, -0.2) is 67.7 Å². The molecule has 0 bridgehead atoms. The maximum atomic E-state index is 4.68. The van der Waals surface area contributed by atoms with Crippen molar-refractivity contribution >= 4 is 22.5 Å². The highest BCUT2D eigenvalue weighted by atomic mass is 15.3. The second-order valence-electron chi connectivity index (χ2n) is 8.00. The summed E-state index contributed by atoms with van der Waals surface area (Å²) in [5, 5.41) is 5.34. The minimum absolute atomic E-state index is 0.829. The highest BCUT2D eigenvalue weighted by Crippen LogP contribution is 2.31. The summed E-state index contributed by atoms with van der Waals surface area (Å²) >= 11 is 0. The lowest BCUT2D eigenvalue weighted by Crippen LogP contribution is -2.44. The highest BCUT2D eigenvalue weighted by molar-refractivity contribution is 5.95. The molecular weight excluding hydrogens is 388 g/mol. The summed E-state index contributed by atoms with van der Waals surface area (Å²) in [5.74, 6) is 1.02. The number of likely N-dealkylation sites (N-methyl/N-ethyl adjacent to an activating group) is 1. The van der Waals surface area contributed by atoms with E-state index in [0.717, 1.165) is 70.9 Å². The van der Waals surface area contributed by atoms with Crippen molar-refractivity contribution in [1.29, 1.82) is 0 Å². The van der Waals surface area contributed by atoms with Gasteiger partial charge in [-0.25, -0.2) is 19.5 Å². The molecule has 0 saturated carbocycles. The van der Waals surface area contributed by atoms with E-state index in [-0.39, 0.29) is 0 Å². The normalized spacial score (nSPS) is 15.2. The van der Waals surface area contributed by atoms with Crippen LogP contribution in [0.15, 0.2) is 61.4 Å². The van der Waals surface area contributed by atoms with Gasteiger partial charge in [0.25, 0.3) is 0 Å². The van der Waals surface area contributed by atoms with Gasteiger partial charge in [0.1, 0.15) is 17.8 Å². The predicted octanol–water partition coefficient (Wildman–Crippen LogP) is 3.09. The molecule has 5 aromatic heterocycles. The molecule has 0 spiro atoms. The van der Waals surface area contributed by atoms with E-state index < -0.39 is 0 Å². The number of fused-ring (bicyclic) bond motifs is 2. The molecule has 1 fully saturated rings. The molecule has 1 N–H and O–H groups in total. The zero-order valence-electron chi connectivity index (χ0n) is 17.2. The molecule has 154 valence electrons. The van der Waals surface area contributed by atoms with Crippen molar-refractivity contribution in [3.8, 4) is 22.3 Å². The van der Waals surface area contributed by atoms with Crippen LogP contribution in [0.2, 0.25) is 0 Å². The lowest BCUT2D eigenvalue weighted by Gasteiger charge is -2.33. The molecule has 6 heterocycles. The molecule has 0 aromatic carbocycles. The number of piperazine rings is 1. The van der Waals surface area contributed by atoms with Crippen molar-refractivity contribution in [2.45, 2.75) is 0 Å². The number of nitrogens with one attached hydrogen (secondary N) is 1. The number of pyridine rings is 3. The fourth-order valence-corrected chi connectivity index (χ4v) is 4.18. The Kier molecular flexibility index (Phi) is 4.17. The van der Waals surface area contributed by atoms with Crippen molar-refractivity contribution in [3.63, 3.8) is 0 Å². The zero-order valence-corrected chi connectivity index (χ0v) is 17.2. The van der Waals surface area contributed by atoms with Crippen LogP contribution in [0.25, 0.3) is 38.9 Å². The predicted molar refractivity (Wildman–Crippen MR) is 121 cm³/mol. The van der Waals surface area contributed by atoms with Crippen molar-refractivity contribution in [2.24, 2.45) is 0 Å². The molecule has 0 aliphatic carbocycles. The molecule has 0 unspecified atom stereocenters. The molecule has 1 saturated heterocycles. The maximum absolute atomic E-state index is 4.68. The zero-order chi connectivity index (χ0) is 20.8. The van der Waals surface area contributed by atoms with Crippen LogP contribution in [0.5, 0.6) is 0 Å². The van der Waals surface area contributed by atoms with E-state index in [4.69, 9.17) is 0 Å². The van der Waals surface area contributed by atoms with Crippen LogP contribution in [-0.2, 0) is 0 Å². The number of aromatic nitrogens is 6. The number of hydrogen-bond acceptors (Lipinski definition) is 6. The van der Waals surface area contributed by atoms with Gasteiger partial charge in [-0.1, -0.05) is 0 Å². The smallest absolute Gasteiger partial charge is 0.155 e. The van der Waals surface area contributed by atoms with Gasteiger partial charge >= 0.3 is 0 Å². The molecule has 8 nitrogen and oxygen atoms in total. The number of hydrogen-bond donors (Lipinski definition) is 1. The minimum atomic E-state index is 0.829. The van der Waals surface area contributed by atoms with Gasteiger partial charge < -0.3 is 14.8 Å². The lowest BCUT2D eigenvalue weighted by atomic mass is 10.0. The Morgan fingerprint density at radius 1 is 0.903 bits per heavy atom. The van der Waals surface area contributed by atoms with Gasteiger partial charge in [-0.3, -0.25) is 0 Å². The Bertz CT molecular complexity index is 1380. The Hall–Kier alpha value is -3.78. The van der Waals surface area contributed by atoms with Crippen LogP contribution in [0.4, 0.5) is 5.82 Å². The van der Waals surface area contributed by atoms with E-state index >= 15 is 0 Å². The molecule has 0 amide bonds. The quantitative estimate of drug-likeness (QED) is 0.493. The third-order valence-electron chi connectivity index (χ3n) is 6.02. The third kappa shape index (κ3) is 3.21. The van der Waals surface area contributed by atoms with E-state index in [1.165, 1.54) is 0 Å². The molecule has 0 atom stereocenters. The van der Waals surface area contributed by atoms with E-state index in [2.05, 4.69) is 66.1 Å². The summed E-state index contributed by atoms with van der Waals surface area (Å²) in [6, 6.07) is 10.5. The second kappa shape index (κ2) is 7.17. The topological polar surface area (TPSA) is 78.2 Å². The van der Waals surface area contributed by atoms with Crippen LogP contribution in [0.3, 0.4) is 0 Å². The third-order valence-corrected chi connectivity index (χ3v) is 6.02. The van der Waals surface area contributed by atoms with Gasteiger partial charge in [0.05, 0.1) is 0 Å². The molecule has 6 rings (SSSR count). The van der Waals surface area contributed by atoms with Gasteiger partial charge in [-0.2, -0.15) is 5.10 Å². The fraction of sp³-hybridized carbons (Fsp3) is 0.217. The van der Waals surface area contributed by atoms with Crippen molar-refractivity contribution in [1.82, 2.24) is 34.4 Å². The molecule has 8 heteroatoms. The summed E-state index contributed by atoms with van der Waals surface area (Å²) in [5.41, 5.74) is 6.05. The first kappa shape index (κ1) is 18.0. The summed E-state index contributed by atoms with van der Waals surface area (Å²) in [7, 11) is 2.16. The number of aromatic amines is 1. The van der Waals surface area contributed by atoms with Crippen molar-refractivity contribution in [3.05, 3.63) is 61.4 Å². The number of rotatable bonds is 3. The Morgan fingerprint density at radius 2 is 1.81 bits per heavy atom. The molecule has 5 aromatic rings. The first-order valence-electron chi connectivity index (χ1n) is 10.4. The van der Waals surface area contributed by atoms with Gasteiger partial charge in [0, 0.05) is 73.0 Å². The van der Waals surface area contributed by atoms with E-state index in [9.17, 15) is 0 Å². The molecule has 1 aliphatic rings. The summed E-state index contributed by atoms with van der Waals surface area (Å²) < 4.78 is 1.79. The Morgan fingerprint density at radius 3 is 2.71 bits per heavy atom. The SMILES string of the molecule is CN1CCN(c2cc(-c3cnc4[nH]cc(-c5ccc6ncnn6c5)c4c3)ccn2)CC1. The lowest BCUT2D eigenvalue weighted by molar-refractivity contribution is 0.312. The summed E-state index contributed by atoms with van der Waals surface area (Å²) in [6.45, 7) is 4.11. The Labute approximate surface area is 179 Å². The molecule has 0 radical (unpaired) electrons. The van der Waals surface area contributed by atoms with Gasteiger partial charge in [-0.15, -0.1) is 0 Å². The van der Waals surface area contributed by atoms with E-state index in [1.54, 1.807) is 10.8 Å². The van der Waals surface area contributed by atoms with E-state index in [1.807, 2.05) is 30.9 Å². The average Bonchev–Trinajstić information content (AvgIpc) is 3.45. The van der Waals surface area contributed by atoms with Gasteiger partial charge in [-0.05, 0) is 42.9 Å². The van der Waals surface area contributed by atoms with Crippen molar-refractivity contribution in [2.75, 3.05) is 38.1 Å². The highest BCUT2D eigenvalue weighted by Gasteiger charge is 2.16. The largest absolute Gasteiger partial charge is 0.354 e. The number of H-pyrrole nitrogens is 1. The van der Waals surface area contributed by atoms with Crippen molar-refractivity contribution < 1.29 is 0 Å². The van der Waals surface area contributed by atoms with Crippen LogP contribution in [0, 0.1) is 0 Å². The Balaban J connectivity index is 1.39. The average molecular weight is 410 g/mol. The molecule has 31 heavy (non-hydrogen) atoms. The minimum Gasteiger partial charge on any atom is -0.354 e. The molecule has 1 aliphatic heterocycles. The first-order chi connectivity index (χ1) is 15.2. The van der Waals surface area contributed by atoms with Crippen LogP contribution < -0.4 is 4.90 Å². The van der Waals surface area contributed by atoms with E-state index in [0.29, 0.717) is 0 Å². The molecular formula is C23H22N8. The van der Waals surface area contributed by atoms with Crippen LogP contribution in [0.1, 0.15) is 0 Å². The number of nitrogens with zero attached hydrogens (tertiary/aromatic N) is 7. The fourth-order valence-electron chi connectivity index (χ4n) is 4.18. The summed E-state index contributed by atoms with van der Waals surface area (Å²) in [6.07, 6.45) is 9.38. The maximum Gasteiger partial charge on any atom is 0.155 e. The van der Waals surface area contributed by atoms with Crippen LogP contribution >= 0.6 is 0 Å². The standard InChI is InChI=1S/C23H22N8/c1-29-6-8-30(9-7-29)22-11-16(4-5-24-22)18-10-19-20(13-26-23(19)25-12-18)17-2-3-21-27-15-28-31(21)14-17/h2-5,10-15H,6-9H2,1H3,(H,25,26). The monoisotopic (exact) mass is 410 g/mol. The van der Waals surface area contributed by atoms with Gasteiger partial charge in [0.15, 0.2) is 5.65 Å². The number of anilines is 1. The first-order valence-corrected chi connectivity index (χ1v) is 10.4. The summed E-state index contributed by atoms with van der Waals surface area (Å²) in [4.78, 5) is 21.5.